The number of allylic oxidation sites excluding steroid dienone is 2. The lowest BCUT2D eigenvalue weighted by molar-refractivity contribution is 0.668. The quantitative estimate of drug-likeness (QED) is 0.323. The van der Waals surface area contributed by atoms with Crippen LogP contribution in [0.4, 0.5) is 5.69 Å². The minimum Gasteiger partial charge on any atom is -0.372 e. The molecular weight excluding hydrogens is 382 g/mol. The van der Waals surface area contributed by atoms with Gasteiger partial charge in [0.15, 0.2) is 0 Å². The van der Waals surface area contributed by atoms with Crippen molar-refractivity contribution in [2.45, 2.75) is 32.4 Å². The Morgan fingerprint density at radius 3 is 2.90 bits per heavy atom. The predicted octanol–water partition coefficient (Wildman–Crippen LogP) is 4.44. The van der Waals surface area contributed by atoms with E-state index >= 15 is 0 Å². The van der Waals surface area contributed by atoms with Gasteiger partial charge >= 0.3 is 0 Å². The molecule has 0 saturated carbocycles. The molecule has 0 bridgehead atoms. The van der Waals surface area contributed by atoms with E-state index in [1.807, 2.05) is 30.6 Å². The Kier molecular flexibility index (Phi) is 8.21. The molecule has 1 aromatic carbocycles. The van der Waals surface area contributed by atoms with Crippen molar-refractivity contribution in [2.24, 2.45) is 5.73 Å². The Balaban J connectivity index is 1.74. The van der Waals surface area contributed by atoms with Crippen LogP contribution < -0.4 is 21.7 Å². The summed E-state index contributed by atoms with van der Waals surface area (Å²) in [7, 11) is 0. The van der Waals surface area contributed by atoms with Crippen LogP contribution in [0.2, 0.25) is 0 Å². The third-order valence-corrected chi connectivity index (χ3v) is 5.38. The van der Waals surface area contributed by atoms with Gasteiger partial charge in [-0.1, -0.05) is 50.8 Å². The van der Waals surface area contributed by atoms with Crippen LogP contribution in [0.5, 0.6) is 0 Å². The second-order valence-corrected chi connectivity index (χ2v) is 7.66. The summed E-state index contributed by atoms with van der Waals surface area (Å²) in [6.07, 6.45) is 12.3. The first-order valence-electron chi connectivity index (χ1n) is 10.8. The first kappa shape index (κ1) is 22.5. The van der Waals surface area contributed by atoms with E-state index in [9.17, 15) is 0 Å². The summed E-state index contributed by atoms with van der Waals surface area (Å²) in [5, 5.41) is 10.1. The van der Waals surface area contributed by atoms with Gasteiger partial charge in [0, 0.05) is 35.4 Å². The largest absolute Gasteiger partial charge is 0.372 e. The molecule has 2 aromatic rings. The number of hydrogen-bond donors (Lipinski definition) is 4. The van der Waals surface area contributed by atoms with Crippen LogP contribution in [-0.2, 0) is 6.42 Å². The van der Waals surface area contributed by atoms with Crippen molar-refractivity contribution < 1.29 is 0 Å². The van der Waals surface area contributed by atoms with E-state index in [0.717, 1.165) is 46.7 Å². The summed E-state index contributed by atoms with van der Waals surface area (Å²) in [5.74, 6) is 0. The van der Waals surface area contributed by atoms with Crippen molar-refractivity contribution in [1.82, 2.24) is 15.6 Å². The zero-order valence-corrected chi connectivity index (χ0v) is 18.3. The Morgan fingerprint density at radius 1 is 1.29 bits per heavy atom. The second-order valence-electron chi connectivity index (χ2n) is 7.66. The number of rotatable bonds is 11. The summed E-state index contributed by atoms with van der Waals surface area (Å²) in [6.45, 7) is 12.3. The lowest BCUT2D eigenvalue weighted by atomic mass is 9.91. The average molecular weight is 416 g/mol. The van der Waals surface area contributed by atoms with Gasteiger partial charge in [0.25, 0.3) is 0 Å². The Labute approximate surface area is 185 Å². The minimum atomic E-state index is -0.288. The van der Waals surface area contributed by atoms with E-state index in [1.165, 1.54) is 18.4 Å². The molecule has 5 heteroatoms. The molecule has 31 heavy (non-hydrogen) atoms. The fraction of sp³-hybridized carbons (Fsp3) is 0.269. The van der Waals surface area contributed by atoms with Gasteiger partial charge in [-0.05, 0) is 59.9 Å². The van der Waals surface area contributed by atoms with Crippen LogP contribution in [0.15, 0.2) is 79.3 Å². The first-order chi connectivity index (χ1) is 15.1. The Hall–Kier alpha value is -3.15. The van der Waals surface area contributed by atoms with Gasteiger partial charge in [-0.25, -0.2) is 0 Å². The fourth-order valence-electron chi connectivity index (χ4n) is 3.63. The SMILES string of the molecule is C=Cc1c(CC(=C)C2=CC(c3cccnc3)=CNC2N)cccc1NCNCCCC. The smallest absolute Gasteiger partial charge is 0.100 e. The van der Waals surface area contributed by atoms with Crippen molar-refractivity contribution in [2.75, 3.05) is 18.5 Å². The number of pyridine rings is 1. The second kappa shape index (κ2) is 11.3. The molecule has 1 atom stereocenters. The lowest BCUT2D eigenvalue weighted by Crippen LogP contribution is -2.38. The first-order valence-corrected chi connectivity index (χ1v) is 10.8. The molecule has 0 amide bonds. The Bertz CT molecular complexity index is 959. The van der Waals surface area contributed by atoms with Crippen LogP contribution >= 0.6 is 0 Å². The molecule has 0 radical (unpaired) electrons. The Morgan fingerprint density at radius 2 is 2.16 bits per heavy atom. The number of hydrogen-bond acceptors (Lipinski definition) is 5. The highest BCUT2D eigenvalue weighted by Gasteiger charge is 2.18. The van der Waals surface area contributed by atoms with Crippen LogP contribution in [0.3, 0.4) is 0 Å². The van der Waals surface area contributed by atoms with Crippen molar-refractivity contribution in [3.05, 3.63) is 96.0 Å². The van der Waals surface area contributed by atoms with Gasteiger partial charge < -0.3 is 21.7 Å². The van der Waals surface area contributed by atoms with E-state index < -0.39 is 0 Å². The number of anilines is 1. The van der Waals surface area contributed by atoms with Crippen molar-refractivity contribution in [1.29, 1.82) is 0 Å². The van der Waals surface area contributed by atoms with E-state index in [2.05, 4.69) is 65.3 Å². The van der Waals surface area contributed by atoms with Crippen molar-refractivity contribution in [3.63, 3.8) is 0 Å². The summed E-state index contributed by atoms with van der Waals surface area (Å²) in [5.41, 5.74) is 13.7. The maximum absolute atomic E-state index is 6.34. The molecule has 1 unspecified atom stereocenters. The summed E-state index contributed by atoms with van der Waals surface area (Å²) < 4.78 is 0. The number of dihydropyridines is 1. The van der Waals surface area contributed by atoms with Crippen LogP contribution in [-0.4, -0.2) is 24.4 Å². The van der Waals surface area contributed by atoms with Crippen molar-refractivity contribution in [3.8, 4) is 0 Å². The van der Waals surface area contributed by atoms with Gasteiger partial charge in [0.1, 0.15) is 6.17 Å². The molecule has 0 aliphatic carbocycles. The number of aromatic nitrogens is 1. The molecule has 162 valence electrons. The third-order valence-electron chi connectivity index (χ3n) is 5.38. The standard InChI is InChI=1S/C26H33N5/c1-4-6-12-29-18-31-25-11-7-9-20(23(25)5-2)14-19(3)24-15-22(17-30-26(24)27)21-10-8-13-28-16-21/h5,7-11,13,15-17,26,29-31H,2-4,6,12,14,18,27H2,1H3. The van der Waals surface area contributed by atoms with E-state index in [1.54, 1.807) is 6.20 Å². The summed E-state index contributed by atoms with van der Waals surface area (Å²) >= 11 is 0. The molecule has 2 heterocycles. The topological polar surface area (TPSA) is 75.0 Å². The van der Waals surface area contributed by atoms with Gasteiger partial charge in [0.2, 0.25) is 0 Å². The maximum atomic E-state index is 6.34. The van der Waals surface area contributed by atoms with Gasteiger partial charge in [-0.3, -0.25) is 4.98 Å². The molecule has 0 spiro atoms. The normalized spacial score (nSPS) is 15.5. The average Bonchev–Trinajstić information content (AvgIpc) is 2.80. The maximum Gasteiger partial charge on any atom is 0.100 e. The van der Waals surface area contributed by atoms with Gasteiger partial charge in [-0.2, -0.15) is 0 Å². The molecule has 5 nitrogen and oxygen atoms in total. The third kappa shape index (κ3) is 5.94. The van der Waals surface area contributed by atoms with Crippen LogP contribution in [0, 0.1) is 0 Å². The molecular formula is C26H33N5. The molecule has 1 aromatic heterocycles. The number of nitrogens with two attached hydrogens (primary N) is 1. The van der Waals surface area contributed by atoms with E-state index in [4.69, 9.17) is 5.73 Å². The molecule has 0 saturated heterocycles. The minimum absolute atomic E-state index is 0.288. The highest BCUT2D eigenvalue weighted by molar-refractivity contribution is 5.77. The van der Waals surface area contributed by atoms with Crippen LogP contribution in [0.25, 0.3) is 11.6 Å². The molecule has 3 rings (SSSR count). The predicted molar refractivity (Wildman–Crippen MR) is 132 cm³/mol. The number of unbranched alkanes of at least 4 members (excludes halogenated alkanes) is 1. The zero-order valence-electron chi connectivity index (χ0n) is 18.3. The van der Waals surface area contributed by atoms with Gasteiger partial charge in [0.05, 0.1) is 6.67 Å². The highest BCUT2D eigenvalue weighted by Crippen LogP contribution is 2.28. The molecule has 1 aliphatic rings. The monoisotopic (exact) mass is 415 g/mol. The molecule has 5 N–H and O–H groups in total. The number of nitrogens with zero attached hydrogens (tertiary/aromatic N) is 1. The van der Waals surface area contributed by atoms with Gasteiger partial charge in [-0.15, -0.1) is 0 Å². The zero-order chi connectivity index (χ0) is 22.1. The van der Waals surface area contributed by atoms with E-state index in [-0.39, 0.29) is 6.17 Å². The number of nitrogens with one attached hydrogen (secondary N) is 3. The fourth-order valence-corrected chi connectivity index (χ4v) is 3.63. The molecule has 1 aliphatic heterocycles. The van der Waals surface area contributed by atoms with E-state index in [0.29, 0.717) is 6.42 Å². The van der Waals surface area contributed by atoms with Crippen molar-refractivity contribution >= 4 is 17.3 Å². The summed E-state index contributed by atoms with van der Waals surface area (Å²) in [6, 6.07) is 10.2. The number of benzene rings is 1. The highest BCUT2D eigenvalue weighted by atomic mass is 15.1. The van der Waals surface area contributed by atoms with Crippen LogP contribution in [0.1, 0.15) is 36.5 Å². The summed E-state index contributed by atoms with van der Waals surface area (Å²) in [4.78, 5) is 4.22. The molecule has 0 fully saturated rings. The lowest BCUT2D eigenvalue weighted by Gasteiger charge is -2.24.